The number of aliphatic hydroxyl groups excluding tert-OH is 1. The average Bonchev–Trinajstić information content (AvgIpc) is 2.78. The van der Waals surface area contributed by atoms with Crippen molar-refractivity contribution in [1.29, 1.82) is 0 Å². The third-order valence-electron chi connectivity index (χ3n) is 2.12. The van der Waals surface area contributed by atoms with Crippen molar-refractivity contribution in [3.8, 4) is 0 Å². The summed E-state index contributed by atoms with van der Waals surface area (Å²) in [7, 11) is 0. The molecule has 0 spiro atoms. The Morgan fingerprint density at radius 1 is 1.75 bits per heavy atom. The highest BCUT2D eigenvalue weighted by molar-refractivity contribution is 7.10. The summed E-state index contributed by atoms with van der Waals surface area (Å²) in [6.07, 6.45) is 0. The maximum absolute atomic E-state index is 11.6. The Balaban J connectivity index is 2.47. The van der Waals surface area contributed by atoms with E-state index in [1.807, 2.05) is 11.4 Å². The van der Waals surface area contributed by atoms with Gasteiger partial charge in [0.25, 0.3) is 0 Å². The zero-order valence-corrected chi connectivity index (χ0v) is 9.83. The Morgan fingerprint density at radius 2 is 2.44 bits per heavy atom. The second-order valence-electron chi connectivity index (χ2n) is 3.87. The maximum Gasteiger partial charge on any atom is 0.242 e. The van der Waals surface area contributed by atoms with Crippen LogP contribution in [0.15, 0.2) is 17.5 Å². The molecule has 0 aliphatic carbocycles. The zero-order valence-electron chi connectivity index (χ0n) is 9.01. The van der Waals surface area contributed by atoms with Crippen molar-refractivity contribution in [3.63, 3.8) is 0 Å². The molecule has 1 heterocycles. The van der Waals surface area contributed by atoms with Gasteiger partial charge < -0.3 is 21.3 Å². The number of carbonyl (C=O) groups excluding carboxylic acids is 1. The molecule has 0 saturated heterocycles. The molecule has 5 nitrogen and oxygen atoms in total. The zero-order chi connectivity index (χ0) is 12.2. The van der Waals surface area contributed by atoms with E-state index in [9.17, 15) is 9.90 Å². The van der Waals surface area contributed by atoms with Gasteiger partial charge in [-0.2, -0.15) is 0 Å². The van der Waals surface area contributed by atoms with Crippen LogP contribution >= 0.6 is 11.3 Å². The number of hydrogen-bond acceptors (Lipinski definition) is 5. The van der Waals surface area contributed by atoms with Crippen LogP contribution in [0.2, 0.25) is 0 Å². The number of thiophene rings is 1. The number of amides is 1. The van der Waals surface area contributed by atoms with Gasteiger partial charge in [0.1, 0.15) is 11.6 Å². The molecule has 2 atom stereocenters. The van der Waals surface area contributed by atoms with Gasteiger partial charge in [-0.25, -0.2) is 0 Å². The van der Waals surface area contributed by atoms with Crippen LogP contribution in [0.5, 0.6) is 0 Å². The van der Waals surface area contributed by atoms with Crippen molar-refractivity contribution in [2.75, 3.05) is 13.2 Å². The van der Waals surface area contributed by atoms with Crippen molar-refractivity contribution in [3.05, 3.63) is 22.4 Å². The molecule has 0 fully saturated rings. The fraction of sp³-hybridized carbons (Fsp3) is 0.500. The molecule has 2 unspecified atom stereocenters. The predicted molar refractivity (Wildman–Crippen MR) is 62.0 cm³/mol. The van der Waals surface area contributed by atoms with Gasteiger partial charge in [-0.15, -0.1) is 11.3 Å². The first kappa shape index (κ1) is 13.1. The highest BCUT2D eigenvalue weighted by Crippen LogP contribution is 2.16. The summed E-state index contributed by atoms with van der Waals surface area (Å²) in [5.74, 6) is -0.365. The van der Waals surface area contributed by atoms with Gasteiger partial charge in [-0.1, -0.05) is 6.07 Å². The Kier molecular flexibility index (Phi) is 4.43. The van der Waals surface area contributed by atoms with Crippen molar-refractivity contribution >= 4 is 17.2 Å². The second-order valence-corrected chi connectivity index (χ2v) is 4.85. The van der Waals surface area contributed by atoms with Crippen LogP contribution in [0.3, 0.4) is 0 Å². The standard InChI is InChI=1S/C10H16N2O3S/c1-10(15,6-13)5-12-9(14)8(11)7-3-2-4-16-7/h2-4,8,13,15H,5-6,11H2,1H3,(H,12,14). The summed E-state index contributed by atoms with van der Waals surface area (Å²) in [6, 6.07) is 2.87. The van der Waals surface area contributed by atoms with Crippen molar-refractivity contribution in [2.45, 2.75) is 18.6 Å². The quantitative estimate of drug-likeness (QED) is 0.567. The van der Waals surface area contributed by atoms with Gasteiger partial charge in [-0.05, 0) is 18.4 Å². The fourth-order valence-corrected chi connectivity index (χ4v) is 1.77. The molecular weight excluding hydrogens is 228 g/mol. The maximum atomic E-state index is 11.6. The van der Waals surface area contributed by atoms with Crippen molar-refractivity contribution in [1.82, 2.24) is 5.32 Å². The first-order valence-electron chi connectivity index (χ1n) is 4.86. The Labute approximate surface area is 97.9 Å². The van der Waals surface area contributed by atoms with Crippen molar-refractivity contribution in [2.24, 2.45) is 5.73 Å². The fourth-order valence-electron chi connectivity index (χ4n) is 1.04. The summed E-state index contributed by atoms with van der Waals surface area (Å²) >= 11 is 1.40. The lowest BCUT2D eigenvalue weighted by molar-refractivity contribution is -0.123. The Morgan fingerprint density at radius 3 is 2.94 bits per heavy atom. The minimum Gasteiger partial charge on any atom is -0.393 e. The van der Waals surface area contributed by atoms with E-state index in [4.69, 9.17) is 10.8 Å². The summed E-state index contributed by atoms with van der Waals surface area (Å²) in [5, 5.41) is 22.6. The summed E-state index contributed by atoms with van der Waals surface area (Å²) in [5.41, 5.74) is 4.39. The van der Waals surface area contributed by atoms with Gasteiger partial charge in [0, 0.05) is 11.4 Å². The smallest absolute Gasteiger partial charge is 0.242 e. The van der Waals surface area contributed by atoms with Gasteiger partial charge in [0.2, 0.25) is 5.91 Å². The lowest BCUT2D eigenvalue weighted by Gasteiger charge is -2.21. The minimum absolute atomic E-state index is 0.0264. The van der Waals surface area contributed by atoms with Crippen molar-refractivity contribution < 1.29 is 15.0 Å². The molecule has 1 rings (SSSR count). The van der Waals surface area contributed by atoms with E-state index < -0.39 is 18.2 Å². The van der Waals surface area contributed by atoms with Crippen LogP contribution in [0.1, 0.15) is 17.8 Å². The van der Waals surface area contributed by atoms with Crippen LogP contribution in [0.4, 0.5) is 0 Å². The lowest BCUT2D eigenvalue weighted by Crippen LogP contribution is -2.45. The normalized spacial score (nSPS) is 16.5. The Bertz CT molecular complexity index is 338. The number of aliphatic hydroxyl groups is 2. The van der Waals surface area contributed by atoms with E-state index in [0.717, 1.165) is 4.88 Å². The molecule has 0 aliphatic heterocycles. The van der Waals surface area contributed by atoms with Gasteiger partial charge in [0.05, 0.1) is 6.61 Å². The highest BCUT2D eigenvalue weighted by Gasteiger charge is 2.22. The summed E-state index contributed by atoms with van der Waals surface area (Å²) in [6.45, 7) is 0.993. The molecule has 0 aromatic carbocycles. The number of nitrogens with two attached hydrogens (primary N) is 1. The molecule has 0 bridgehead atoms. The number of carbonyl (C=O) groups is 1. The van der Waals surface area contributed by atoms with Gasteiger partial charge >= 0.3 is 0 Å². The molecule has 1 aromatic heterocycles. The molecular formula is C10H16N2O3S. The van der Waals surface area contributed by atoms with E-state index >= 15 is 0 Å². The summed E-state index contributed by atoms with van der Waals surface area (Å²) in [4.78, 5) is 12.3. The van der Waals surface area contributed by atoms with E-state index in [2.05, 4.69) is 5.32 Å². The molecule has 0 saturated carbocycles. The third-order valence-corrected chi connectivity index (χ3v) is 3.07. The monoisotopic (exact) mass is 244 g/mol. The number of hydrogen-bond donors (Lipinski definition) is 4. The van der Waals surface area contributed by atoms with Gasteiger partial charge in [-0.3, -0.25) is 4.79 Å². The number of nitrogens with one attached hydrogen (secondary N) is 1. The molecule has 90 valence electrons. The van der Waals surface area contributed by atoms with Crippen LogP contribution in [-0.2, 0) is 4.79 Å². The molecule has 1 amide bonds. The first-order valence-corrected chi connectivity index (χ1v) is 5.74. The third kappa shape index (κ3) is 3.57. The van der Waals surface area contributed by atoms with Crippen LogP contribution < -0.4 is 11.1 Å². The second kappa shape index (κ2) is 5.40. The molecule has 0 aliphatic rings. The largest absolute Gasteiger partial charge is 0.393 e. The molecule has 6 heteroatoms. The summed E-state index contributed by atoms with van der Waals surface area (Å²) < 4.78 is 0. The van der Waals surface area contributed by atoms with E-state index in [1.54, 1.807) is 6.07 Å². The molecule has 16 heavy (non-hydrogen) atoms. The van der Waals surface area contributed by atoms with Gasteiger partial charge in [0.15, 0.2) is 0 Å². The van der Waals surface area contributed by atoms with Crippen LogP contribution in [0.25, 0.3) is 0 Å². The minimum atomic E-state index is -1.31. The van der Waals surface area contributed by atoms with Crippen LogP contribution in [-0.4, -0.2) is 34.9 Å². The number of rotatable bonds is 5. The predicted octanol–water partition coefficient (Wildman–Crippen LogP) is -0.393. The molecule has 5 N–H and O–H groups in total. The van der Waals surface area contributed by atoms with Crippen LogP contribution in [0, 0.1) is 0 Å². The van der Waals surface area contributed by atoms with E-state index in [1.165, 1.54) is 18.3 Å². The average molecular weight is 244 g/mol. The topological polar surface area (TPSA) is 95.6 Å². The molecule has 1 aromatic rings. The Hall–Kier alpha value is -0.950. The lowest BCUT2D eigenvalue weighted by atomic mass is 10.1. The SMILES string of the molecule is CC(O)(CO)CNC(=O)C(N)c1cccs1. The highest BCUT2D eigenvalue weighted by atomic mass is 32.1. The van der Waals surface area contributed by atoms with E-state index in [-0.39, 0.29) is 12.5 Å². The first-order chi connectivity index (χ1) is 7.46. The molecule has 0 radical (unpaired) electrons. The van der Waals surface area contributed by atoms with E-state index in [0.29, 0.717) is 0 Å².